The first kappa shape index (κ1) is 14.4. The molecular formula is C12H14F2N4O2. The van der Waals surface area contributed by atoms with Crippen LogP contribution in [0.4, 0.5) is 20.5 Å². The van der Waals surface area contributed by atoms with Crippen molar-refractivity contribution in [3.8, 4) is 0 Å². The zero-order valence-electron chi connectivity index (χ0n) is 10.8. The van der Waals surface area contributed by atoms with Gasteiger partial charge in [0.25, 0.3) is 0 Å². The molecular weight excluding hydrogens is 270 g/mol. The molecule has 0 atom stereocenters. The van der Waals surface area contributed by atoms with Crippen LogP contribution in [0.3, 0.4) is 0 Å². The quantitative estimate of drug-likeness (QED) is 0.756. The van der Waals surface area contributed by atoms with Crippen molar-refractivity contribution in [3.63, 3.8) is 0 Å². The third-order valence-corrected chi connectivity index (χ3v) is 2.40. The lowest BCUT2D eigenvalue weighted by Gasteiger charge is -2.01. The normalized spacial score (nSPS) is 10.8. The second-order valence-corrected chi connectivity index (χ2v) is 3.92. The maximum Gasteiger partial charge on any atom is 0.320 e. The Morgan fingerprint density at radius 2 is 2.10 bits per heavy atom. The SMILES string of the molecule is COCCNCc1nnc(Nc2ccc(F)c(F)c2)o1. The fraction of sp³-hybridized carbons (Fsp3) is 0.333. The van der Waals surface area contributed by atoms with Gasteiger partial charge in [0.1, 0.15) is 0 Å². The molecule has 8 heteroatoms. The third kappa shape index (κ3) is 3.97. The first-order valence-electron chi connectivity index (χ1n) is 5.93. The molecule has 2 rings (SSSR count). The number of aromatic nitrogens is 2. The Balaban J connectivity index is 1.90. The molecule has 0 aliphatic rings. The predicted molar refractivity (Wildman–Crippen MR) is 67.5 cm³/mol. The molecule has 108 valence electrons. The Morgan fingerprint density at radius 3 is 2.85 bits per heavy atom. The molecule has 0 saturated heterocycles. The Hall–Kier alpha value is -2.06. The molecule has 1 aromatic carbocycles. The molecule has 0 bridgehead atoms. The summed E-state index contributed by atoms with van der Waals surface area (Å²) in [7, 11) is 1.61. The van der Waals surface area contributed by atoms with Gasteiger partial charge in [-0.3, -0.25) is 0 Å². The van der Waals surface area contributed by atoms with Crippen LogP contribution in [0, 0.1) is 11.6 Å². The largest absolute Gasteiger partial charge is 0.406 e. The highest BCUT2D eigenvalue weighted by atomic mass is 19.2. The minimum absolute atomic E-state index is 0.111. The van der Waals surface area contributed by atoms with Gasteiger partial charge < -0.3 is 19.8 Å². The van der Waals surface area contributed by atoms with Crippen LogP contribution >= 0.6 is 0 Å². The predicted octanol–water partition coefficient (Wildman–Crippen LogP) is 1.83. The molecule has 0 aliphatic carbocycles. The smallest absolute Gasteiger partial charge is 0.320 e. The van der Waals surface area contributed by atoms with Crippen LogP contribution in [0.1, 0.15) is 5.89 Å². The number of ether oxygens (including phenoxy) is 1. The summed E-state index contributed by atoms with van der Waals surface area (Å²) in [5.41, 5.74) is 0.325. The summed E-state index contributed by atoms with van der Waals surface area (Å²) in [4.78, 5) is 0. The van der Waals surface area contributed by atoms with Gasteiger partial charge >= 0.3 is 6.01 Å². The van der Waals surface area contributed by atoms with Gasteiger partial charge in [0, 0.05) is 25.4 Å². The van der Waals surface area contributed by atoms with Crippen molar-refractivity contribution in [2.24, 2.45) is 0 Å². The molecule has 2 N–H and O–H groups in total. The number of anilines is 2. The summed E-state index contributed by atoms with van der Waals surface area (Å²) in [6.07, 6.45) is 0. The van der Waals surface area contributed by atoms with Crippen molar-refractivity contribution in [1.29, 1.82) is 0 Å². The maximum atomic E-state index is 13.0. The zero-order chi connectivity index (χ0) is 14.4. The van der Waals surface area contributed by atoms with E-state index in [-0.39, 0.29) is 6.01 Å². The van der Waals surface area contributed by atoms with Crippen LogP contribution in [0.25, 0.3) is 0 Å². The zero-order valence-corrected chi connectivity index (χ0v) is 10.8. The fourth-order valence-corrected chi connectivity index (χ4v) is 1.44. The van der Waals surface area contributed by atoms with E-state index >= 15 is 0 Å². The van der Waals surface area contributed by atoms with Gasteiger partial charge in [0.05, 0.1) is 13.2 Å². The summed E-state index contributed by atoms with van der Waals surface area (Å²) >= 11 is 0. The van der Waals surface area contributed by atoms with E-state index in [4.69, 9.17) is 9.15 Å². The van der Waals surface area contributed by atoms with E-state index in [1.165, 1.54) is 6.07 Å². The van der Waals surface area contributed by atoms with Crippen molar-refractivity contribution in [2.75, 3.05) is 25.6 Å². The number of halogens is 2. The molecule has 0 aliphatic heterocycles. The number of hydrogen-bond donors (Lipinski definition) is 2. The van der Waals surface area contributed by atoms with Gasteiger partial charge in [-0.2, -0.15) is 0 Å². The first-order chi connectivity index (χ1) is 9.69. The van der Waals surface area contributed by atoms with E-state index in [1.54, 1.807) is 7.11 Å². The lowest BCUT2D eigenvalue weighted by atomic mass is 10.3. The van der Waals surface area contributed by atoms with Crippen molar-refractivity contribution in [2.45, 2.75) is 6.54 Å². The Labute approximate surface area is 114 Å². The highest BCUT2D eigenvalue weighted by Crippen LogP contribution is 2.17. The third-order valence-electron chi connectivity index (χ3n) is 2.40. The standard InChI is InChI=1S/C12H14F2N4O2/c1-19-5-4-15-7-11-17-18-12(20-11)16-8-2-3-9(13)10(14)6-8/h2-3,6,15H,4-5,7H2,1H3,(H,16,18). The van der Waals surface area contributed by atoms with E-state index in [9.17, 15) is 8.78 Å². The average molecular weight is 284 g/mol. The summed E-state index contributed by atoms with van der Waals surface area (Å²) in [6, 6.07) is 3.51. The summed E-state index contributed by atoms with van der Waals surface area (Å²) in [6.45, 7) is 1.63. The van der Waals surface area contributed by atoms with E-state index in [0.717, 1.165) is 12.1 Å². The van der Waals surface area contributed by atoms with E-state index in [0.29, 0.717) is 31.3 Å². The molecule has 2 aromatic rings. The average Bonchev–Trinajstić information content (AvgIpc) is 2.87. The molecule has 0 saturated carbocycles. The van der Waals surface area contributed by atoms with Gasteiger partial charge in [-0.15, -0.1) is 5.10 Å². The monoisotopic (exact) mass is 284 g/mol. The molecule has 0 spiro atoms. The number of nitrogens with zero attached hydrogens (tertiary/aromatic N) is 2. The van der Waals surface area contributed by atoms with Crippen LogP contribution in [0.5, 0.6) is 0 Å². The minimum Gasteiger partial charge on any atom is -0.406 e. The summed E-state index contributed by atoms with van der Waals surface area (Å²) in [5, 5.41) is 13.3. The van der Waals surface area contributed by atoms with E-state index in [2.05, 4.69) is 20.8 Å². The van der Waals surface area contributed by atoms with Gasteiger partial charge in [-0.1, -0.05) is 5.10 Å². The summed E-state index contributed by atoms with van der Waals surface area (Å²) < 4.78 is 36.0. The molecule has 1 heterocycles. The van der Waals surface area contributed by atoms with Gasteiger partial charge in [0.15, 0.2) is 11.6 Å². The fourth-order valence-electron chi connectivity index (χ4n) is 1.44. The van der Waals surface area contributed by atoms with Crippen LogP contribution < -0.4 is 10.6 Å². The van der Waals surface area contributed by atoms with Gasteiger partial charge in [-0.25, -0.2) is 8.78 Å². The van der Waals surface area contributed by atoms with Crippen molar-refractivity contribution >= 4 is 11.7 Å². The van der Waals surface area contributed by atoms with Crippen LogP contribution in [0.15, 0.2) is 22.6 Å². The highest BCUT2D eigenvalue weighted by molar-refractivity contribution is 5.51. The van der Waals surface area contributed by atoms with Gasteiger partial charge in [0.2, 0.25) is 5.89 Å². The number of rotatable bonds is 7. The van der Waals surface area contributed by atoms with Gasteiger partial charge in [-0.05, 0) is 12.1 Å². The highest BCUT2D eigenvalue weighted by Gasteiger charge is 2.08. The number of hydrogen-bond acceptors (Lipinski definition) is 6. The first-order valence-corrected chi connectivity index (χ1v) is 5.93. The summed E-state index contributed by atoms with van der Waals surface area (Å²) in [5.74, 6) is -1.48. The van der Waals surface area contributed by atoms with Crippen LogP contribution in [-0.2, 0) is 11.3 Å². The number of nitrogens with one attached hydrogen (secondary N) is 2. The molecule has 0 radical (unpaired) electrons. The number of benzene rings is 1. The molecule has 0 fully saturated rings. The molecule has 1 aromatic heterocycles. The lowest BCUT2D eigenvalue weighted by molar-refractivity contribution is 0.198. The molecule has 20 heavy (non-hydrogen) atoms. The van der Waals surface area contributed by atoms with Crippen molar-refractivity contribution in [1.82, 2.24) is 15.5 Å². The van der Waals surface area contributed by atoms with E-state index in [1.807, 2.05) is 0 Å². The number of methoxy groups -OCH3 is 1. The van der Waals surface area contributed by atoms with E-state index < -0.39 is 11.6 Å². The second kappa shape index (κ2) is 6.92. The maximum absolute atomic E-state index is 13.0. The Morgan fingerprint density at radius 1 is 1.25 bits per heavy atom. The Kier molecular flexibility index (Phi) is 4.97. The van der Waals surface area contributed by atoms with Crippen molar-refractivity contribution < 1.29 is 17.9 Å². The Bertz CT molecular complexity index is 562. The lowest BCUT2D eigenvalue weighted by Crippen LogP contribution is -2.18. The van der Waals surface area contributed by atoms with Crippen LogP contribution in [0.2, 0.25) is 0 Å². The minimum atomic E-state index is -0.948. The molecule has 0 amide bonds. The second-order valence-electron chi connectivity index (χ2n) is 3.92. The van der Waals surface area contributed by atoms with Crippen LogP contribution in [-0.4, -0.2) is 30.5 Å². The molecule has 6 nitrogen and oxygen atoms in total. The molecule has 0 unspecified atom stereocenters. The van der Waals surface area contributed by atoms with Crippen molar-refractivity contribution in [3.05, 3.63) is 35.7 Å². The topological polar surface area (TPSA) is 72.2 Å².